The monoisotopic (exact) mass is 548 g/mol. The van der Waals surface area contributed by atoms with Crippen LogP contribution < -0.4 is 15.0 Å². The first kappa shape index (κ1) is 26.5. The van der Waals surface area contributed by atoms with Gasteiger partial charge in [-0.2, -0.15) is 0 Å². The average molecular weight is 549 g/mol. The van der Waals surface area contributed by atoms with Gasteiger partial charge < -0.3 is 14.8 Å². The number of hydrogen-bond donors (Lipinski definition) is 1. The zero-order chi connectivity index (χ0) is 26.5. The number of aromatic nitrogens is 4. The van der Waals surface area contributed by atoms with Crippen LogP contribution in [0.2, 0.25) is 25.7 Å². The summed E-state index contributed by atoms with van der Waals surface area (Å²) in [4.78, 5) is 11.7. The molecule has 0 amide bonds. The first-order valence-corrected chi connectivity index (χ1v) is 17.8. The minimum atomic E-state index is -1.19. The van der Waals surface area contributed by atoms with Gasteiger partial charge in [-0.15, -0.1) is 10.2 Å². The summed E-state index contributed by atoms with van der Waals surface area (Å²) in [5.41, 5.74) is 3.40. The Bertz CT molecular complexity index is 1370. The number of nitrogens with zero attached hydrogens (tertiary/aromatic N) is 5. The Kier molecular flexibility index (Phi) is 8.20. The SMILES string of the molecule is COc1cccc(Nc2cnc3ccc(N(COCC[Si](C)(C)C)c4nnc(C5CCCC5)s4)nc3c2)c1. The van der Waals surface area contributed by atoms with Crippen molar-refractivity contribution in [2.75, 3.05) is 30.7 Å². The van der Waals surface area contributed by atoms with E-state index >= 15 is 0 Å². The minimum Gasteiger partial charge on any atom is -0.497 e. The van der Waals surface area contributed by atoms with Crippen molar-refractivity contribution in [2.24, 2.45) is 0 Å². The average Bonchev–Trinajstić information content (AvgIpc) is 3.60. The van der Waals surface area contributed by atoms with Gasteiger partial charge in [-0.3, -0.25) is 9.88 Å². The number of ether oxygens (including phenoxy) is 2. The Hall–Kier alpha value is -3.08. The molecule has 0 atom stereocenters. The molecule has 3 aromatic heterocycles. The second-order valence-corrected chi connectivity index (χ2v) is 17.6. The number of fused-ring (bicyclic) bond motifs is 1. The van der Waals surface area contributed by atoms with Crippen molar-refractivity contribution in [3.05, 3.63) is 53.7 Å². The molecule has 0 unspecified atom stereocenters. The third-order valence-corrected chi connectivity index (χ3v) is 9.55. The lowest BCUT2D eigenvalue weighted by Crippen LogP contribution is -2.26. The summed E-state index contributed by atoms with van der Waals surface area (Å²) in [6.07, 6.45) is 6.76. The Balaban J connectivity index is 1.41. The molecule has 1 fully saturated rings. The summed E-state index contributed by atoms with van der Waals surface area (Å²) in [6, 6.07) is 14.9. The second kappa shape index (κ2) is 11.8. The summed E-state index contributed by atoms with van der Waals surface area (Å²) in [7, 11) is 0.474. The van der Waals surface area contributed by atoms with E-state index in [1.807, 2.05) is 53.6 Å². The van der Waals surface area contributed by atoms with Crippen molar-refractivity contribution in [1.82, 2.24) is 20.2 Å². The summed E-state index contributed by atoms with van der Waals surface area (Å²) >= 11 is 1.66. The van der Waals surface area contributed by atoms with Crippen LogP contribution in [-0.4, -0.2) is 48.7 Å². The molecule has 0 saturated heterocycles. The summed E-state index contributed by atoms with van der Waals surface area (Å²) in [6.45, 7) is 8.20. The summed E-state index contributed by atoms with van der Waals surface area (Å²) in [5, 5.41) is 14.5. The minimum absolute atomic E-state index is 0.386. The lowest BCUT2D eigenvalue weighted by atomic mass is 10.1. The van der Waals surface area contributed by atoms with Gasteiger partial charge in [0.1, 0.15) is 23.3 Å². The van der Waals surface area contributed by atoms with Crippen LogP contribution in [0, 0.1) is 0 Å². The van der Waals surface area contributed by atoms with Crippen LogP contribution in [0.3, 0.4) is 0 Å². The molecule has 1 aromatic carbocycles. The smallest absolute Gasteiger partial charge is 0.215 e. The van der Waals surface area contributed by atoms with Crippen LogP contribution in [0.25, 0.3) is 11.0 Å². The molecule has 10 heteroatoms. The molecule has 1 aliphatic rings. The lowest BCUT2D eigenvalue weighted by Gasteiger charge is -2.22. The van der Waals surface area contributed by atoms with Gasteiger partial charge in [-0.25, -0.2) is 4.98 Å². The van der Waals surface area contributed by atoms with Gasteiger partial charge in [0.05, 0.1) is 30.0 Å². The third-order valence-electron chi connectivity index (χ3n) is 6.74. The van der Waals surface area contributed by atoms with Crippen LogP contribution in [0.5, 0.6) is 5.75 Å². The molecule has 8 nitrogen and oxygen atoms in total. The van der Waals surface area contributed by atoms with Gasteiger partial charge in [0.15, 0.2) is 0 Å². The fraction of sp³-hybridized carbons (Fsp3) is 0.429. The first-order valence-electron chi connectivity index (χ1n) is 13.2. The maximum Gasteiger partial charge on any atom is 0.215 e. The van der Waals surface area contributed by atoms with Crippen molar-refractivity contribution in [1.29, 1.82) is 0 Å². The largest absolute Gasteiger partial charge is 0.497 e. The maximum absolute atomic E-state index is 6.17. The van der Waals surface area contributed by atoms with Crippen molar-refractivity contribution in [3.8, 4) is 5.75 Å². The third kappa shape index (κ3) is 6.67. The number of hydrogen-bond acceptors (Lipinski definition) is 9. The van der Waals surface area contributed by atoms with Gasteiger partial charge >= 0.3 is 0 Å². The van der Waals surface area contributed by atoms with Crippen molar-refractivity contribution in [2.45, 2.75) is 57.3 Å². The lowest BCUT2D eigenvalue weighted by molar-refractivity contribution is 0.153. The van der Waals surface area contributed by atoms with E-state index in [4.69, 9.17) is 14.5 Å². The first-order chi connectivity index (χ1) is 18.4. The molecule has 4 aromatic rings. The van der Waals surface area contributed by atoms with E-state index in [0.717, 1.165) is 56.8 Å². The van der Waals surface area contributed by atoms with Gasteiger partial charge in [0, 0.05) is 32.4 Å². The number of pyridine rings is 2. The van der Waals surface area contributed by atoms with E-state index in [-0.39, 0.29) is 0 Å². The number of anilines is 4. The van der Waals surface area contributed by atoms with Crippen molar-refractivity contribution >= 4 is 52.8 Å². The van der Waals surface area contributed by atoms with E-state index in [0.29, 0.717) is 12.6 Å². The molecule has 1 N–H and O–H groups in total. The molecular weight excluding hydrogens is 513 g/mol. The topological polar surface area (TPSA) is 85.3 Å². The Morgan fingerprint density at radius 3 is 2.66 bits per heavy atom. The highest BCUT2D eigenvalue weighted by Crippen LogP contribution is 2.38. The summed E-state index contributed by atoms with van der Waals surface area (Å²) in [5.74, 6) is 2.10. The number of nitrogens with one attached hydrogen (secondary N) is 1. The molecule has 5 rings (SSSR count). The molecule has 0 radical (unpaired) electrons. The van der Waals surface area contributed by atoms with Crippen LogP contribution in [0.1, 0.15) is 36.6 Å². The fourth-order valence-corrected chi connectivity index (χ4v) is 6.27. The van der Waals surface area contributed by atoms with E-state index in [2.05, 4.69) is 40.1 Å². The highest BCUT2D eigenvalue weighted by molar-refractivity contribution is 7.15. The maximum atomic E-state index is 6.17. The highest BCUT2D eigenvalue weighted by atomic mass is 32.1. The molecule has 3 heterocycles. The molecule has 0 aliphatic heterocycles. The van der Waals surface area contributed by atoms with Crippen LogP contribution in [0.15, 0.2) is 48.7 Å². The highest BCUT2D eigenvalue weighted by Gasteiger charge is 2.24. The van der Waals surface area contributed by atoms with Gasteiger partial charge in [0.2, 0.25) is 5.13 Å². The zero-order valence-corrected chi connectivity index (χ0v) is 24.4. The predicted molar refractivity (Wildman–Crippen MR) is 158 cm³/mol. The Morgan fingerprint density at radius 1 is 1.03 bits per heavy atom. The van der Waals surface area contributed by atoms with E-state index in [1.54, 1.807) is 18.4 Å². The Labute approximate surface area is 229 Å². The fourth-order valence-electron chi connectivity index (χ4n) is 4.51. The van der Waals surface area contributed by atoms with Crippen LogP contribution in [0.4, 0.5) is 22.3 Å². The van der Waals surface area contributed by atoms with E-state index in [1.165, 1.54) is 25.7 Å². The van der Waals surface area contributed by atoms with Crippen LogP contribution >= 0.6 is 11.3 Å². The van der Waals surface area contributed by atoms with E-state index in [9.17, 15) is 0 Å². The van der Waals surface area contributed by atoms with E-state index < -0.39 is 8.07 Å². The molecule has 1 aliphatic carbocycles. The molecule has 38 heavy (non-hydrogen) atoms. The van der Waals surface area contributed by atoms with Crippen molar-refractivity contribution < 1.29 is 9.47 Å². The zero-order valence-electron chi connectivity index (χ0n) is 22.6. The number of benzene rings is 1. The van der Waals surface area contributed by atoms with Gasteiger partial charge in [-0.1, -0.05) is 49.9 Å². The quantitative estimate of drug-likeness (QED) is 0.118. The summed E-state index contributed by atoms with van der Waals surface area (Å²) < 4.78 is 11.5. The van der Waals surface area contributed by atoms with Gasteiger partial charge in [0.25, 0.3) is 0 Å². The second-order valence-electron chi connectivity index (χ2n) is 11.0. The molecule has 1 saturated carbocycles. The molecule has 0 spiro atoms. The number of rotatable bonds is 11. The molecule has 0 bridgehead atoms. The number of methoxy groups -OCH3 is 1. The standard InChI is InChI=1S/C28H36N6O2SSi/c1-35-23-11-7-10-21(16-23)30-22-17-25-24(29-18-22)12-13-26(31-25)34(19-36-14-15-38(2,3)4)28-33-32-27(37-28)20-8-5-6-9-20/h7,10-13,16-18,20,30H,5-6,8-9,14-15,19H2,1-4H3. The van der Waals surface area contributed by atoms with Gasteiger partial charge in [-0.05, 0) is 49.2 Å². The Morgan fingerprint density at radius 2 is 1.87 bits per heavy atom. The molecular formula is C28H36N6O2SSi. The van der Waals surface area contributed by atoms with Crippen LogP contribution in [-0.2, 0) is 4.74 Å². The predicted octanol–water partition coefficient (Wildman–Crippen LogP) is 7.34. The normalized spacial score (nSPS) is 14.2. The molecule has 200 valence electrons. The van der Waals surface area contributed by atoms with Crippen molar-refractivity contribution in [3.63, 3.8) is 0 Å².